The number of thiazole rings is 1. The van der Waals surface area contributed by atoms with Gasteiger partial charge in [-0.2, -0.15) is 0 Å². The number of aryl methyl sites for hydroxylation is 2. The molecule has 0 fully saturated rings. The number of halogens is 1. The van der Waals surface area contributed by atoms with Crippen LogP contribution in [0.25, 0.3) is 0 Å². The smallest absolute Gasteiger partial charge is 0.267 e. The van der Waals surface area contributed by atoms with Crippen molar-refractivity contribution in [3.63, 3.8) is 0 Å². The van der Waals surface area contributed by atoms with E-state index in [-0.39, 0.29) is 17.6 Å². The van der Waals surface area contributed by atoms with Crippen LogP contribution >= 0.6 is 22.9 Å². The molecule has 3 N–H and O–H groups in total. The number of rotatable bonds is 33. The van der Waals surface area contributed by atoms with Crippen molar-refractivity contribution in [1.29, 1.82) is 0 Å². The normalized spacial score (nSPS) is 11.3. The largest absolute Gasteiger partial charge is 0.379 e. The summed E-state index contributed by atoms with van der Waals surface area (Å²) in [6.07, 6.45) is 1.95. The minimum absolute atomic E-state index is 0.0507. The SMILES string of the molecule is Cc1nc(NCCOCCOCCOCCOCCOCCOCCOCCOCCC(=O)C(C)C)cc(Nc2ncc(C(=O)Nc3c(C)cccc3Cl)s2)n1. The molecule has 0 spiro atoms. The number of para-hydroxylation sites is 1. The predicted octanol–water partition coefficient (Wildman–Crippen LogP) is 5.36. The lowest BCUT2D eigenvalue weighted by atomic mass is 10.1. The minimum Gasteiger partial charge on any atom is -0.379 e. The molecule has 312 valence electrons. The number of anilines is 4. The molecule has 0 atom stereocenters. The Morgan fingerprint density at radius 1 is 0.714 bits per heavy atom. The molecule has 18 heteroatoms. The third-order valence-electron chi connectivity index (χ3n) is 7.56. The molecule has 0 saturated carbocycles. The van der Waals surface area contributed by atoms with Gasteiger partial charge in [0.1, 0.15) is 28.1 Å². The second-order valence-electron chi connectivity index (χ2n) is 12.4. The molecule has 0 saturated heterocycles. The number of carbonyl (C=O) groups is 2. The monoisotopic (exact) mass is 824 g/mol. The Morgan fingerprint density at radius 2 is 1.21 bits per heavy atom. The zero-order valence-corrected chi connectivity index (χ0v) is 34.5. The number of ketones is 1. The van der Waals surface area contributed by atoms with Crippen LogP contribution in [0.3, 0.4) is 0 Å². The van der Waals surface area contributed by atoms with Gasteiger partial charge in [-0.3, -0.25) is 9.59 Å². The van der Waals surface area contributed by atoms with Crippen LogP contribution in [0.4, 0.5) is 22.5 Å². The second kappa shape index (κ2) is 28.9. The molecule has 1 amide bonds. The van der Waals surface area contributed by atoms with Gasteiger partial charge in [0.25, 0.3) is 5.91 Å². The van der Waals surface area contributed by atoms with Crippen molar-refractivity contribution in [2.24, 2.45) is 5.92 Å². The molecule has 0 aliphatic carbocycles. The Balaban J connectivity index is 1.08. The van der Waals surface area contributed by atoms with Crippen LogP contribution in [0.2, 0.25) is 5.02 Å². The Labute approximate surface area is 338 Å². The summed E-state index contributed by atoms with van der Waals surface area (Å²) in [5.41, 5.74) is 1.45. The number of hydrogen-bond acceptors (Lipinski definition) is 16. The Kier molecular flexibility index (Phi) is 24.3. The van der Waals surface area contributed by atoms with E-state index in [0.29, 0.717) is 157 Å². The molecule has 2 heterocycles. The summed E-state index contributed by atoms with van der Waals surface area (Å²) in [4.78, 5) is 37.9. The molecular weight excluding hydrogens is 768 g/mol. The highest BCUT2D eigenvalue weighted by atomic mass is 35.5. The van der Waals surface area contributed by atoms with Gasteiger partial charge in [0, 0.05) is 24.9 Å². The number of hydrogen-bond donors (Lipinski definition) is 3. The van der Waals surface area contributed by atoms with Crippen LogP contribution in [-0.4, -0.2) is 139 Å². The first-order chi connectivity index (χ1) is 27.2. The van der Waals surface area contributed by atoms with E-state index in [9.17, 15) is 9.59 Å². The number of carbonyl (C=O) groups excluding carboxylic acids is 2. The number of benzene rings is 1. The van der Waals surface area contributed by atoms with E-state index in [1.165, 1.54) is 17.5 Å². The average molecular weight is 825 g/mol. The third-order valence-corrected chi connectivity index (χ3v) is 8.78. The first-order valence-corrected chi connectivity index (χ1v) is 20.0. The molecule has 3 aromatic rings. The van der Waals surface area contributed by atoms with Gasteiger partial charge in [-0.25, -0.2) is 15.0 Å². The van der Waals surface area contributed by atoms with Gasteiger partial charge in [0.2, 0.25) is 0 Å². The van der Waals surface area contributed by atoms with Crippen molar-refractivity contribution in [3.05, 3.63) is 51.7 Å². The number of aromatic nitrogens is 3. The standard InChI is InChI=1S/C38H57ClN6O10S/c1-28(2)32(46)8-10-48-12-14-50-16-18-52-20-22-54-24-25-55-23-21-53-19-17-51-15-13-49-11-9-40-34-26-35(43-30(4)42-34)44-38-41-27-33(56-38)37(47)45-36-29(3)6-5-7-31(36)39/h5-7,26-28H,8-25H2,1-4H3,(H,45,47)(H2,40,41,42,43,44). The van der Waals surface area contributed by atoms with Crippen LogP contribution < -0.4 is 16.0 Å². The van der Waals surface area contributed by atoms with Crippen molar-refractivity contribution in [3.8, 4) is 0 Å². The third kappa shape index (κ3) is 20.7. The first kappa shape index (κ1) is 47.0. The zero-order chi connectivity index (χ0) is 40.2. The Morgan fingerprint density at radius 3 is 1.73 bits per heavy atom. The molecule has 0 aliphatic rings. The van der Waals surface area contributed by atoms with Crippen LogP contribution in [0, 0.1) is 19.8 Å². The van der Waals surface area contributed by atoms with Gasteiger partial charge in [-0.1, -0.05) is 48.9 Å². The van der Waals surface area contributed by atoms with Crippen LogP contribution in [0.5, 0.6) is 0 Å². The summed E-state index contributed by atoms with van der Waals surface area (Å²) < 4.78 is 44.0. The van der Waals surface area contributed by atoms with Gasteiger partial charge in [0.15, 0.2) is 5.13 Å². The molecule has 0 bridgehead atoms. The quantitative estimate of drug-likeness (QED) is 0.0667. The summed E-state index contributed by atoms with van der Waals surface area (Å²) in [6.45, 7) is 15.5. The molecule has 16 nitrogen and oxygen atoms in total. The van der Waals surface area contributed by atoms with Crippen LogP contribution in [0.15, 0.2) is 30.5 Å². The molecule has 0 unspecified atom stereocenters. The molecule has 0 aliphatic heterocycles. The topological polar surface area (TPSA) is 183 Å². The lowest BCUT2D eigenvalue weighted by molar-refractivity contribution is -0.123. The highest BCUT2D eigenvalue weighted by Gasteiger charge is 2.15. The fourth-order valence-corrected chi connectivity index (χ4v) is 5.58. The molecule has 56 heavy (non-hydrogen) atoms. The van der Waals surface area contributed by atoms with Gasteiger partial charge in [-0.05, 0) is 25.5 Å². The van der Waals surface area contributed by atoms with Gasteiger partial charge < -0.3 is 53.8 Å². The maximum absolute atomic E-state index is 12.8. The lowest BCUT2D eigenvalue weighted by Gasteiger charge is -2.10. The summed E-state index contributed by atoms with van der Waals surface area (Å²) in [7, 11) is 0. The summed E-state index contributed by atoms with van der Waals surface area (Å²) in [6, 6.07) is 7.21. The first-order valence-electron chi connectivity index (χ1n) is 18.8. The number of ether oxygens (including phenoxy) is 8. The molecule has 3 rings (SSSR count). The summed E-state index contributed by atoms with van der Waals surface area (Å²) >= 11 is 7.45. The van der Waals surface area contributed by atoms with Crippen molar-refractivity contribution < 1.29 is 47.5 Å². The van der Waals surface area contributed by atoms with E-state index in [4.69, 9.17) is 49.5 Å². The highest BCUT2D eigenvalue weighted by Crippen LogP contribution is 2.28. The van der Waals surface area contributed by atoms with Crippen molar-refractivity contribution in [1.82, 2.24) is 15.0 Å². The van der Waals surface area contributed by atoms with Gasteiger partial charge >= 0.3 is 0 Å². The number of nitrogens with one attached hydrogen (secondary N) is 3. The molecule has 1 aromatic carbocycles. The predicted molar refractivity (Wildman–Crippen MR) is 216 cm³/mol. The summed E-state index contributed by atoms with van der Waals surface area (Å²) in [5, 5.41) is 10.2. The maximum Gasteiger partial charge on any atom is 0.267 e. The highest BCUT2D eigenvalue weighted by molar-refractivity contribution is 7.17. The second-order valence-corrected chi connectivity index (χ2v) is 13.9. The fourth-order valence-electron chi connectivity index (χ4n) is 4.59. The van der Waals surface area contributed by atoms with E-state index in [0.717, 1.165) is 5.56 Å². The lowest BCUT2D eigenvalue weighted by Crippen LogP contribution is -2.16. The fraction of sp³-hybridized carbons (Fsp3) is 0.605. The van der Waals surface area contributed by atoms with Crippen molar-refractivity contribution in [2.45, 2.75) is 34.1 Å². The average Bonchev–Trinajstić information content (AvgIpc) is 3.64. The van der Waals surface area contributed by atoms with Gasteiger partial charge in [0.05, 0.1) is 123 Å². The molecule has 2 aromatic heterocycles. The zero-order valence-electron chi connectivity index (χ0n) is 32.9. The number of amides is 1. The van der Waals surface area contributed by atoms with E-state index in [1.54, 1.807) is 19.1 Å². The van der Waals surface area contributed by atoms with Crippen molar-refractivity contribution in [2.75, 3.05) is 128 Å². The van der Waals surface area contributed by atoms with Crippen LogP contribution in [-0.2, 0) is 42.7 Å². The number of Topliss-reactive ketones (excluding diaryl/α,β-unsaturated/α-hetero) is 1. The molecule has 0 radical (unpaired) electrons. The summed E-state index contributed by atoms with van der Waals surface area (Å²) in [5.74, 6) is 1.72. The van der Waals surface area contributed by atoms with Gasteiger partial charge in [-0.15, -0.1) is 0 Å². The van der Waals surface area contributed by atoms with E-state index in [2.05, 4.69) is 30.9 Å². The van der Waals surface area contributed by atoms with E-state index < -0.39 is 0 Å². The van der Waals surface area contributed by atoms with Crippen molar-refractivity contribution >= 4 is 57.1 Å². The minimum atomic E-state index is -0.294. The van der Waals surface area contributed by atoms with E-state index >= 15 is 0 Å². The number of nitrogens with zero attached hydrogens (tertiary/aromatic N) is 3. The maximum atomic E-state index is 12.8. The molecular formula is C38H57ClN6O10S. The van der Waals surface area contributed by atoms with Crippen LogP contribution in [0.1, 0.15) is 41.3 Å². The Hall–Kier alpha value is -3.36. The van der Waals surface area contributed by atoms with E-state index in [1.807, 2.05) is 32.9 Å². The Bertz CT molecular complexity index is 1530.